The van der Waals surface area contributed by atoms with Gasteiger partial charge >= 0.3 is 5.97 Å². The van der Waals surface area contributed by atoms with Gasteiger partial charge in [-0.2, -0.15) is 0 Å². The highest BCUT2D eigenvalue weighted by atomic mass is 32.2. The fourth-order valence-electron chi connectivity index (χ4n) is 5.78. The zero-order chi connectivity index (χ0) is 29.1. The van der Waals surface area contributed by atoms with E-state index in [0.29, 0.717) is 17.7 Å². The normalized spacial score (nSPS) is 14.8. The summed E-state index contributed by atoms with van der Waals surface area (Å²) in [6.45, 7) is 3.61. The molecule has 1 aromatic heterocycles. The van der Waals surface area contributed by atoms with Crippen molar-refractivity contribution in [3.05, 3.63) is 94.7 Å². The van der Waals surface area contributed by atoms with Gasteiger partial charge < -0.3 is 14.0 Å². The maximum absolute atomic E-state index is 13.0. The fraction of sp³-hybridized carbons (Fsp3) is 0.364. The van der Waals surface area contributed by atoms with E-state index in [1.165, 1.54) is 0 Å². The second kappa shape index (κ2) is 12.1. The predicted octanol–water partition coefficient (Wildman–Crippen LogP) is 6.15. The molecule has 0 spiro atoms. The first kappa shape index (κ1) is 28.9. The summed E-state index contributed by atoms with van der Waals surface area (Å²) in [5.74, 6) is 0.524. The Balaban J connectivity index is 1.35. The molecule has 1 aliphatic carbocycles. The molecule has 216 valence electrons. The molecule has 8 heteroatoms. The minimum Gasteiger partial charge on any atom is -0.496 e. The van der Waals surface area contributed by atoms with Gasteiger partial charge in [0, 0.05) is 36.6 Å². The van der Waals surface area contributed by atoms with E-state index in [-0.39, 0.29) is 23.4 Å². The van der Waals surface area contributed by atoms with Crippen LogP contribution in [-0.4, -0.2) is 32.2 Å². The van der Waals surface area contributed by atoms with Gasteiger partial charge in [-0.05, 0) is 91.6 Å². The zero-order valence-electron chi connectivity index (χ0n) is 24.1. The van der Waals surface area contributed by atoms with Crippen LogP contribution in [0.25, 0.3) is 10.9 Å². The molecule has 1 saturated carbocycles. The number of hydrogen-bond donors (Lipinski definition) is 1. The van der Waals surface area contributed by atoms with Gasteiger partial charge in [0.1, 0.15) is 11.9 Å². The standard InChI is InChI=1S/C33H38N2O5S/c1-22-9-5-8-12-32(22)41(37,38)34-23(2)25-14-15-26(31(20-25)39-4)19-27-21-35(3)30-16-13-24(17-29(27)30)18-33(36)40-28-10-6-7-11-28/h5,8-9,12-17,20-21,23,28,34H,6-7,10-11,18-19H2,1-4H3. The third-order valence-electron chi connectivity index (χ3n) is 7.99. The van der Waals surface area contributed by atoms with E-state index in [4.69, 9.17) is 9.47 Å². The molecular weight excluding hydrogens is 536 g/mol. The molecule has 0 radical (unpaired) electrons. The molecular formula is C33H38N2O5S. The van der Waals surface area contributed by atoms with Gasteiger partial charge in [0.05, 0.1) is 18.4 Å². The van der Waals surface area contributed by atoms with Crippen molar-refractivity contribution in [1.82, 2.24) is 9.29 Å². The second-order valence-electron chi connectivity index (χ2n) is 11.0. The molecule has 1 aliphatic rings. The zero-order valence-corrected chi connectivity index (χ0v) is 25.0. The van der Waals surface area contributed by atoms with Crippen LogP contribution >= 0.6 is 0 Å². The van der Waals surface area contributed by atoms with Crippen molar-refractivity contribution < 1.29 is 22.7 Å². The number of rotatable bonds is 10. The highest BCUT2D eigenvalue weighted by Gasteiger charge is 2.22. The Morgan fingerprint density at radius 3 is 2.54 bits per heavy atom. The number of carbonyl (C=O) groups excluding carboxylic acids is 1. The Morgan fingerprint density at radius 2 is 1.80 bits per heavy atom. The Labute approximate surface area is 242 Å². The maximum atomic E-state index is 13.0. The molecule has 1 N–H and O–H groups in total. The Bertz CT molecular complexity index is 1670. The number of hydrogen-bond acceptors (Lipinski definition) is 5. The molecule has 3 aromatic carbocycles. The van der Waals surface area contributed by atoms with Crippen LogP contribution in [0, 0.1) is 6.92 Å². The summed E-state index contributed by atoms with van der Waals surface area (Å²) in [4.78, 5) is 12.8. The lowest BCUT2D eigenvalue weighted by Gasteiger charge is -2.18. The highest BCUT2D eigenvalue weighted by Crippen LogP contribution is 2.31. The summed E-state index contributed by atoms with van der Waals surface area (Å²) in [7, 11) is -0.0412. The van der Waals surface area contributed by atoms with Gasteiger partial charge in [-0.3, -0.25) is 4.79 Å². The number of nitrogens with one attached hydrogen (secondary N) is 1. The topological polar surface area (TPSA) is 86.6 Å². The van der Waals surface area contributed by atoms with Crippen molar-refractivity contribution in [2.75, 3.05) is 7.11 Å². The van der Waals surface area contributed by atoms with Crippen molar-refractivity contribution in [1.29, 1.82) is 0 Å². The van der Waals surface area contributed by atoms with Gasteiger partial charge in [0.2, 0.25) is 10.0 Å². The van der Waals surface area contributed by atoms with Crippen LogP contribution in [0.3, 0.4) is 0 Å². The Hall–Kier alpha value is -3.62. The van der Waals surface area contributed by atoms with Crippen molar-refractivity contribution in [3.8, 4) is 5.75 Å². The molecule has 1 fully saturated rings. The number of carbonyl (C=O) groups is 1. The molecule has 7 nitrogen and oxygen atoms in total. The third-order valence-corrected chi connectivity index (χ3v) is 9.69. The molecule has 0 amide bonds. The van der Waals surface area contributed by atoms with Gasteiger partial charge in [-0.15, -0.1) is 0 Å². The van der Waals surface area contributed by atoms with Gasteiger partial charge in [0.15, 0.2) is 0 Å². The van der Waals surface area contributed by atoms with Crippen molar-refractivity contribution >= 4 is 26.9 Å². The molecule has 4 aromatic rings. The van der Waals surface area contributed by atoms with E-state index in [1.807, 2.05) is 44.3 Å². The monoisotopic (exact) mass is 574 g/mol. The first-order valence-corrected chi connectivity index (χ1v) is 15.6. The van der Waals surface area contributed by atoms with E-state index in [1.54, 1.807) is 32.2 Å². The number of aromatic nitrogens is 1. The van der Waals surface area contributed by atoms with Crippen LogP contribution in [0.15, 0.2) is 71.8 Å². The molecule has 1 unspecified atom stereocenters. The largest absolute Gasteiger partial charge is 0.496 e. The number of aryl methyl sites for hydroxylation is 2. The third kappa shape index (κ3) is 6.49. The summed E-state index contributed by atoms with van der Waals surface area (Å²) >= 11 is 0. The predicted molar refractivity (Wildman–Crippen MR) is 161 cm³/mol. The van der Waals surface area contributed by atoms with Crippen LogP contribution in [0.2, 0.25) is 0 Å². The summed E-state index contributed by atoms with van der Waals surface area (Å²) in [5, 5.41) is 1.09. The molecule has 41 heavy (non-hydrogen) atoms. The summed E-state index contributed by atoms with van der Waals surface area (Å²) in [6.07, 6.45) is 7.24. The van der Waals surface area contributed by atoms with Crippen molar-refractivity contribution in [3.63, 3.8) is 0 Å². The van der Waals surface area contributed by atoms with Gasteiger partial charge in [0.25, 0.3) is 0 Å². The fourth-order valence-corrected chi connectivity index (χ4v) is 7.25. The molecule has 0 saturated heterocycles. The minimum absolute atomic E-state index is 0.0643. The lowest BCUT2D eigenvalue weighted by molar-refractivity contribution is -0.147. The number of fused-ring (bicyclic) bond motifs is 1. The van der Waals surface area contributed by atoms with Crippen LogP contribution in [0.5, 0.6) is 5.75 Å². The lowest BCUT2D eigenvalue weighted by atomic mass is 9.99. The van der Waals surface area contributed by atoms with E-state index in [0.717, 1.165) is 58.8 Å². The first-order valence-electron chi connectivity index (χ1n) is 14.2. The lowest BCUT2D eigenvalue weighted by Crippen LogP contribution is -2.27. The number of methoxy groups -OCH3 is 1. The SMILES string of the molecule is COc1cc(C(C)NS(=O)(=O)c2ccccc2C)ccc1Cc1cn(C)c2ccc(CC(=O)OC3CCCC3)cc12. The Morgan fingerprint density at radius 1 is 1.05 bits per heavy atom. The van der Waals surface area contributed by atoms with Gasteiger partial charge in [-0.1, -0.05) is 36.4 Å². The van der Waals surface area contributed by atoms with Crippen LogP contribution in [-0.2, 0) is 39.4 Å². The first-order chi connectivity index (χ1) is 19.6. The highest BCUT2D eigenvalue weighted by molar-refractivity contribution is 7.89. The number of benzene rings is 3. The maximum Gasteiger partial charge on any atom is 0.310 e. The number of ether oxygens (including phenoxy) is 2. The summed E-state index contributed by atoms with van der Waals surface area (Å²) in [6, 6.07) is 18.5. The van der Waals surface area contributed by atoms with E-state index >= 15 is 0 Å². The van der Waals surface area contributed by atoms with E-state index < -0.39 is 16.1 Å². The quantitative estimate of drug-likeness (QED) is 0.230. The number of esters is 1. The summed E-state index contributed by atoms with van der Waals surface area (Å²) in [5.41, 5.74) is 5.64. The van der Waals surface area contributed by atoms with E-state index in [9.17, 15) is 13.2 Å². The molecule has 1 heterocycles. The average Bonchev–Trinajstić information content (AvgIpc) is 3.56. The number of sulfonamides is 1. The van der Waals surface area contributed by atoms with Crippen LogP contribution in [0.4, 0.5) is 0 Å². The average molecular weight is 575 g/mol. The smallest absolute Gasteiger partial charge is 0.310 e. The van der Waals surface area contributed by atoms with Crippen molar-refractivity contribution in [2.24, 2.45) is 7.05 Å². The number of nitrogens with zero attached hydrogens (tertiary/aromatic N) is 1. The van der Waals surface area contributed by atoms with E-state index in [2.05, 4.69) is 27.6 Å². The van der Waals surface area contributed by atoms with Crippen molar-refractivity contribution in [2.45, 2.75) is 69.4 Å². The van der Waals surface area contributed by atoms with Crippen LogP contribution < -0.4 is 9.46 Å². The molecule has 0 bridgehead atoms. The minimum atomic E-state index is -3.68. The second-order valence-corrected chi connectivity index (χ2v) is 12.7. The molecule has 1 atom stereocenters. The summed E-state index contributed by atoms with van der Waals surface area (Å²) < 4.78 is 42.4. The van der Waals surface area contributed by atoms with Crippen LogP contribution in [0.1, 0.15) is 66.5 Å². The molecule has 0 aliphatic heterocycles. The molecule has 5 rings (SSSR count). The van der Waals surface area contributed by atoms with Gasteiger partial charge in [-0.25, -0.2) is 13.1 Å². The Kier molecular flexibility index (Phi) is 8.52.